The van der Waals surface area contributed by atoms with Crippen molar-refractivity contribution in [2.24, 2.45) is 0 Å². The molecule has 0 aliphatic heterocycles. The highest BCUT2D eigenvalue weighted by Gasteiger charge is 2.33. The van der Waals surface area contributed by atoms with Gasteiger partial charge in [-0.15, -0.1) is 0 Å². The summed E-state index contributed by atoms with van der Waals surface area (Å²) in [7, 11) is 0. The molecule has 2 N–H and O–H groups in total. The minimum absolute atomic E-state index is 0.0262. The Morgan fingerprint density at radius 2 is 2.00 bits per heavy atom. The summed E-state index contributed by atoms with van der Waals surface area (Å²) in [6.45, 7) is 0.248. The molecule has 1 aliphatic carbocycles. The first kappa shape index (κ1) is 17.6. The Morgan fingerprint density at radius 3 is 2.57 bits per heavy atom. The van der Waals surface area contributed by atoms with E-state index in [-0.39, 0.29) is 18.1 Å². The molecule has 0 atom stereocenters. The molecule has 0 saturated heterocycles. The molecule has 7 heteroatoms. The predicted molar refractivity (Wildman–Crippen MR) is 79.4 cm³/mol. The van der Waals surface area contributed by atoms with Crippen LogP contribution in [0.5, 0.6) is 5.75 Å². The standard InChI is InChI=1S/C16H20F3NO3/c1-11-8-12(4-5-13(11)23-10-16(17,18)19)20-14(21)9-15(22)6-2-3-7-15/h4-5,8,22H,2-3,6-7,9-10H2,1H3,(H,20,21). The quantitative estimate of drug-likeness (QED) is 0.867. The number of carbonyl (C=O) groups excluding carboxylic acids is 1. The lowest BCUT2D eigenvalue weighted by Gasteiger charge is -2.21. The Bertz CT molecular complexity index is 566. The third-order valence-electron chi connectivity index (χ3n) is 3.87. The third kappa shape index (κ3) is 5.42. The second-order valence-electron chi connectivity index (χ2n) is 6.04. The summed E-state index contributed by atoms with van der Waals surface area (Å²) >= 11 is 0. The van der Waals surface area contributed by atoms with Gasteiger partial charge in [0.15, 0.2) is 6.61 Å². The number of rotatable bonds is 5. The van der Waals surface area contributed by atoms with Gasteiger partial charge in [0, 0.05) is 5.69 Å². The lowest BCUT2D eigenvalue weighted by atomic mass is 9.97. The van der Waals surface area contributed by atoms with Gasteiger partial charge < -0.3 is 15.2 Å². The van der Waals surface area contributed by atoms with E-state index in [2.05, 4.69) is 5.32 Å². The number of amides is 1. The van der Waals surface area contributed by atoms with Crippen LogP contribution < -0.4 is 10.1 Å². The van der Waals surface area contributed by atoms with Gasteiger partial charge in [0.05, 0.1) is 12.0 Å². The van der Waals surface area contributed by atoms with Gasteiger partial charge >= 0.3 is 6.18 Å². The Morgan fingerprint density at radius 1 is 1.35 bits per heavy atom. The molecule has 1 aromatic carbocycles. The first-order valence-corrected chi connectivity index (χ1v) is 7.49. The molecule has 0 bridgehead atoms. The molecular weight excluding hydrogens is 311 g/mol. The van der Waals surface area contributed by atoms with E-state index >= 15 is 0 Å². The number of hydrogen-bond acceptors (Lipinski definition) is 3. The van der Waals surface area contributed by atoms with Crippen LogP contribution in [0.15, 0.2) is 18.2 Å². The normalized spacial score (nSPS) is 17.1. The van der Waals surface area contributed by atoms with Crippen LogP contribution in [0.3, 0.4) is 0 Å². The number of benzene rings is 1. The highest BCUT2D eigenvalue weighted by molar-refractivity contribution is 5.91. The molecule has 1 fully saturated rings. The Labute approximate surface area is 132 Å². The van der Waals surface area contributed by atoms with Crippen LogP contribution in [0.25, 0.3) is 0 Å². The molecular formula is C16H20F3NO3. The number of carbonyl (C=O) groups is 1. The van der Waals surface area contributed by atoms with Crippen molar-refractivity contribution in [1.29, 1.82) is 0 Å². The number of hydrogen-bond donors (Lipinski definition) is 2. The summed E-state index contributed by atoms with van der Waals surface area (Å²) in [5.74, 6) is -0.187. The predicted octanol–water partition coefficient (Wildman–Crippen LogP) is 3.57. The number of alkyl halides is 3. The van der Waals surface area contributed by atoms with E-state index in [4.69, 9.17) is 4.74 Å². The van der Waals surface area contributed by atoms with Crippen molar-refractivity contribution >= 4 is 11.6 Å². The summed E-state index contributed by atoms with van der Waals surface area (Å²) in [5.41, 5.74) is 0.0228. The van der Waals surface area contributed by atoms with E-state index in [0.717, 1.165) is 12.8 Å². The van der Waals surface area contributed by atoms with Gasteiger partial charge in [-0.25, -0.2) is 0 Å². The fraction of sp³-hybridized carbons (Fsp3) is 0.562. The lowest BCUT2D eigenvalue weighted by Crippen LogP contribution is -2.30. The van der Waals surface area contributed by atoms with E-state index in [1.807, 2.05) is 0 Å². The first-order chi connectivity index (χ1) is 10.7. The van der Waals surface area contributed by atoms with E-state index in [0.29, 0.717) is 24.1 Å². The number of aryl methyl sites for hydroxylation is 1. The van der Waals surface area contributed by atoms with Crippen LogP contribution in [0, 0.1) is 6.92 Å². The fourth-order valence-corrected chi connectivity index (χ4v) is 2.76. The average Bonchev–Trinajstić information content (AvgIpc) is 2.82. The zero-order valence-corrected chi connectivity index (χ0v) is 12.9. The average molecular weight is 331 g/mol. The van der Waals surface area contributed by atoms with Gasteiger partial charge in [0.25, 0.3) is 0 Å². The van der Waals surface area contributed by atoms with E-state index in [1.165, 1.54) is 12.1 Å². The first-order valence-electron chi connectivity index (χ1n) is 7.49. The SMILES string of the molecule is Cc1cc(NC(=O)CC2(O)CCCC2)ccc1OCC(F)(F)F. The largest absolute Gasteiger partial charge is 0.484 e. The number of halogens is 3. The second kappa shape index (κ2) is 6.78. The third-order valence-corrected chi connectivity index (χ3v) is 3.87. The highest BCUT2D eigenvalue weighted by atomic mass is 19.4. The van der Waals surface area contributed by atoms with E-state index < -0.39 is 18.4 Å². The molecule has 2 rings (SSSR count). The number of anilines is 1. The Hall–Kier alpha value is -1.76. The molecule has 128 valence electrons. The van der Waals surface area contributed by atoms with Crippen molar-refractivity contribution in [2.45, 2.75) is 50.8 Å². The summed E-state index contributed by atoms with van der Waals surface area (Å²) in [4.78, 5) is 12.0. The molecule has 23 heavy (non-hydrogen) atoms. The molecule has 0 unspecified atom stereocenters. The Kier molecular flexibility index (Phi) is 5.19. The van der Waals surface area contributed by atoms with Crippen molar-refractivity contribution in [1.82, 2.24) is 0 Å². The molecule has 1 aliphatic rings. The van der Waals surface area contributed by atoms with Crippen molar-refractivity contribution in [2.75, 3.05) is 11.9 Å². The van der Waals surface area contributed by atoms with Gasteiger partial charge in [-0.2, -0.15) is 13.2 Å². The van der Waals surface area contributed by atoms with Crippen LogP contribution in [0.1, 0.15) is 37.7 Å². The molecule has 0 radical (unpaired) electrons. The van der Waals surface area contributed by atoms with Crippen LogP contribution in [0.2, 0.25) is 0 Å². The van der Waals surface area contributed by atoms with Gasteiger partial charge in [-0.1, -0.05) is 12.8 Å². The maximum absolute atomic E-state index is 12.1. The second-order valence-corrected chi connectivity index (χ2v) is 6.04. The maximum atomic E-state index is 12.1. The summed E-state index contributed by atoms with van der Waals surface area (Å²) in [5, 5.41) is 12.9. The van der Waals surface area contributed by atoms with Gasteiger partial charge in [-0.05, 0) is 43.5 Å². The molecule has 0 heterocycles. The van der Waals surface area contributed by atoms with Gasteiger partial charge in [0.1, 0.15) is 5.75 Å². The molecule has 4 nitrogen and oxygen atoms in total. The smallest absolute Gasteiger partial charge is 0.422 e. The maximum Gasteiger partial charge on any atom is 0.422 e. The minimum atomic E-state index is -4.39. The van der Waals surface area contributed by atoms with Crippen molar-refractivity contribution < 1.29 is 27.8 Å². The lowest BCUT2D eigenvalue weighted by molar-refractivity contribution is -0.153. The van der Waals surface area contributed by atoms with Gasteiger partial charge in [0.2, 0.25) is 5.91 Å². The summed E-state index contributed by atoms with van der Waals surface area (Å²) < 4.78 is 41.2. The van der Waals surface area contributed by atoms with Crippen LogP contribution in [-0.4, -0.2) is 29.4 Å². The van der Waals surface area contributed by atoms with Crippen LogP contribution in [-0.2, 0) is 4.79 Å². The van der Waals surface area contributed by atoms with Crippen LogP contribution >= 0.6 is 0 Å². The highest BCUT2D eigenvalue weighted by Crippen LogP contribution is 2.32. The van der Waals surface area contributed by atoms with Crippen molar-refractivity contribution in [3.8, 4) is 5.75 Å². The van der Waals surface area contributed by atoms with E-state index in [1.54, 1.807) is 13.0 Å². The molecule has 0 aromatic heterocycles. The molecule has 1 amide bonds. The zero-order chi connectivity index (χ0) is 17.1. The van der Waals surface area contributed by atoms with Crippen LogP contribution in [0.4, 0.5) is 18.9 Å². The molecule has 1 aromatic rings. The van der Waals surface area contributed by atoms with E-state index in [9.17, 15) is 23.1 Å². The molecule has 0 spiro atoms. The topological polar surface area (TPSA) is 58.6 Å². The Balaban J connectivity index is 1.93. The van der Waals surface area contributed by atoms with Crippen molar-refractivity contribution in [3.63, 3.8) is 0 Å². The monoisotopic (exact) mass is 331 g/mol. The summed E-state index contributed by atoms with van der Waals surface area (Å²) in [6.07, 6.45) is -1.32. The van der Waals surface area contributed by atoms with Crippen molar-refractivity contribution in [3.05, 3.63) is 23.8 Å². The zero-order valence-electron chi connectivity index (χ0n) is 12.9. The number of ether oxygens (including phenoxy) is 1. The minimum Gasteiger partial charge on any atom is -0.484 e. The molecule has 1 saturated carbocycles. The number of nitrogens with one attached hydrogen (secondary N) is 1. The summed E-state index contributed by atoms with van der Waals surface area (Å²) in [6, 6.07) is 4.42. The number of aliphatic hydroxyl groups is 1. The fourth-order valence-electron chi connectivity index (χ4n) is 2.76. The van der Waals surface area contributed by atoms with Gasteiger partial charge in [-0.3, -0.25) is 4.79 Å².